The van der Waals surface area contributed by atoms with Crippen LogP contribution in [-0.2, 0) is 0 Å². The van der Waals surface area contributed by atoms with E-state index in [2.05, 4.69) is 17.0 Å². The first-order chi connectivity index (χ1) is 12.7. The lowest BCUT2D eigenvalue weighted by atomic mass is 10.2. The summed E-state index contributed by atoms with van der Waals surface area (Å²) in [4.78, 5) is 2.18. The Kier molecular flexibility index (Phi) is 5.64. The van der Waals surface area contributed by atoms with E-state index in [0.29, 0.717) is 6.61 Å². The molecule has 0 spiro atoms. The van der Waals surface area contributed by atoms with Crippen LogP contribution in [0.4, 0.5) is 17.1 Å². The largest absolute Gasteiger partial charge is 0.497 e. The van der Waals surface area contributed by atoms with E-state index in [4.69, 9.17) is 14.2 Å². The molecule has 3 rings (SSSR count). The second-order valence-electron chi connectivity index (χ2n) is 5.66. The normalized spacial score (nSPS) is 10.3. The van der Waals surface area contributed by atoms with Crippen LogP contribution in [0.15, 0.2) is 72.8 Å². The molecule has 0 bridgehead atoms. The monoisotopic (exact) mass is 349 g/mol. The van der Waals surface area contributed by atoms with E-state index in [0.717, 1.165) is 34.3 Å². The van der Waals surface area contributed by atoms with E-state index < -0.39 is 0 Å². The van der Waals surface area contributed by atoms with Gasteiger partial charge in [-0.2, -0.15) is 0 Å². The number of rotatable bonds is 7. The van der Waals surface area contributed by atoms with Crippen LogP contribution in [-0.4, -0.2) is 20.8 Å². The van der Waals surface area contributed by atoms with Gasteiger partial charge in [0.2, 0.25) is 0 Å². The zero-order valence-corrected chi connectivity index (χ0v) is 15.3. The van der Waals surface area contributed by atoms with Gasteiger partial charge in [-0.1, -0.05) is 0 Å². The summed E-state index contributed by atoms with van der Waals surface area (Å²) >= 11 is 0. The van der Waals surface area contributed by atoms with Crippen molar-refractivity contribution in [3.63, 3.8) is 0 Å². The van der Waals surface area contributed by atoms with Crippen LogP contribution in [0.2, 0.25) is 0 Å². The highest BCUT2D eigenvalue weighted by molar-refractivity contribution is 5.77. The van der Waals surface area contributed by atoms with Gasteiger partial charge in [-0.3, -0.25) is 0 Å². The second-order valence-corrected chi connectivity index (χ2v) is 5.66. The molecule has 134 valence electrons. The molecule has 0 aliphatic carbocycles. The van der Waals surface area contributed by atoms with Crippen LogP contribution < -0.4 is 19.1 Å². The molecule has 0 saturated heterocycles. The fourth-order valence-corrected chi connectivity index (χ4v) is 2.77. The predicted octanol–water partition coefficient (Wildman–Crippen LogP) is 5.57. The van der Waals surface area contributed by atoms with Crippen molar-refractivity contribution in [3.05, 3.63) is 72.8 Å². The molecule has 4 nitrogen and oxygen atoms in total. The first-order valence-corrected chi connectivity index (χ1v) is 8.56. The molecule has 0 saturated carbocycles. The topological polar surface area (TPSA) is 30.9 Å². The van der Waals surface area contributed by atoms with Gasteiger partial charge in [-0.05, 0) is 79.7 Å². The zero-order valence-electron chi connectivity index (χ0n) is 15.3. The van der Waals surface area contributed by atoms with Gasteiger partial charge in [-0.15, -0.1) is 0 Å². The summed E-state index contributed by atoms with van der Waals surface area (Å²) in [6.45, 7) is 2.63. The van der Waals surface area contributed by atoms with Crippen molar-refractivity contribution >= 4 is 17.1 Å². The van der Waals surface area contributed by atoms with Crippen LogP contribution in [0.5, 0.6) is 17.2 Å². The van der Waals surface area contributed by atoms with Crippen LogP contribution in [0.25, 0.3) is 0 Å². The third kappa shape index (κ3) is 3.91. The maximum Gasteiger partial charge on any atom is 0.119 e. The molecule has 0 aliphatic heterocycles. The van der Waals surface area contributed by atoms with Crippen molar-refractivity contribution in [2.24, 2.45) is 0 Å². The fraction of sp³-hybridized carbons (Fsp3) is 0.182. The highest BCUT2D eigenvalue weighted by Crippen LogP contribution is 2.36. The standard InChI is InChI=1S/C22H23NO3/c1-4-26-22-15-9-19(10-16-22)23(17-5-11-20(24-2)12-6-17)18-7-13-21(25-3)14-8-18/h5-16H,4H2,1-3H3. The first kappa shape index (κ1) is 17.7. The smallest absolute Gasteiger partial charge is 0.119 e. The van der Waals surface area contributed by atoms with E-state index in [1.807, 2.05) is 67.6 Å². The number of nitrogens with zero attached hydrogens (tertiary/aromatic N) is 1. The summed E-state index contributed by atoms with van der Waals surface area (Å²) < 4.78 is 16.1. The lowest BCUT2D eigenvalue weighted by molar-refractivity contribution is 0.340. The molecule has 0 fully saturated rings. The number of anilines is 3. The number of ether oxygens (including phenoxy) is 3. The highest BCUT2D eigenvalue weighted by Gasteiger charge is 2.13. The molecule has 0 aromatic heterocycles. The van der Waals surface area contributed by atoms with Gasteiger partial charge >= 0.3 is 0 Å². The number of methoxy groups -OCH3 is 2. The number of hydrogen-bond acceptors (Lipinski definition) is 4. The minimum atomic E-state index is 0.653. The molecule has 0 heterocycles. The van der Waals surface area contributed by atoms with Crippen molar-refractivity contribution in [2.75, 3.05) is 25.7 Å². The fourth-order valence-electron chi connectivity index (χ4n) is 2.77. The van der Waals surface area contributed by atoms with E-state index in [-0.39, 0.29) is 0 Å². The van der Waals surface area contributed by atoms with Gasteiger partial charge in [-0.25, -0.2) is 0 Å². The second kappa shape index (κ2) is 8.30. The number of hydrogen-bond donors (Lipinski definition) is 0. The van der Waals surface area contributed by atoms with E-state index >= 15 is 0 Å². The molecule has 4 heteroatoms. The molecule has 26 heavy (non-hydrogen) atoms. The van der Waals surface area contributed by atoms with E-state index in [9.17, 15) is 0 Å². The van der Waals surface area contributed by atoms with Gasteiger partial charge in [0, 0.05) is 17.1 Å². The van der Waals surface area contributed by atoms with Crippen LogP contribution in [0, 0.1) is 0 Å². The number of benzene rings is 3. The van der Waals surface area contributed by atoms with Crippen LogP contribution in [0.3, 0.4) is 0 Å². The third-order valence-electron chi connectivity index (χ3n) is 4.07. The summed E-state index contributed by atoms with van der Waals surface area (Å²) in [6, 6.07) is 24.1. The molecule has 0 unspecified atom stereocenters. The van der Waals surface area contributed by atoms with Crippen LogP contribution >= 0.6 is 0 Å². The molecular formula is C22H23NO3. The summed E-state index contributed by atoms with van der Waals surface area (Å²) in [5.74, 6) is 2.52. The lowest BCUT2D eigenvalue weighted by Crippen LogP contribution is -2.09. The van der Waals surface area contributed by atoms with Gasteiger partial charge in [0.15, 0.2) is 0 Å². The Bertz CT molecular complexity index is 764. The Labute approximate surface area is 154 Å². The average Bonchev–Trinajstić information content (AvgIpc) is 2.71. The Morgan fingerprint density at radius 3 is 1.23 bits per heavy atom. The molecule has 0 N–H and O–H groups in total. The molecular weight excluding hydrogens is 326 g/mol. The minimum Gasteiger partial charge on any atom is -0.497 e. The van der Waals surface area contributed by atoms with E-state index in [1.165, 1.54) is 0 Å². The van der Waals surface area contributed by atoms with Crippen molar-refractivity contribution in [3.8, 4) is 17.2 Å². The molecule has 0 radical (unpaired) electrons. The Morgan fingerprint density at radius 1 is 0.577 bits per heavy atom. The summed E-state index contributed by atoms with van der Waals surface area (Å²) in [6.07, 6.45) is 0. The average molecular weight is 349 g/mol. The zero-order chi connectivity index (χ0) is 18.4. The highest BCUT2D eigenvalue weighted by atomic mass is 16.5. The van der Waals surface area contributed by atoms with Crippen LogP contribution in [0.1, 0.15) is 6.92 Å². The van der Waals surface area contributed by atoms with Gasteiger partial charge in [0.1, 0.15) is 17.2 Å². The van der Waals surface area contributed by atoms with Crippen molar-refractivity contribution in [1.29, 1.82) is 0 Å². The maximum absolute atomic E-state index is 5.56. The summed E-state index contributed by atoms with van der Waals surface area (Å²) in [7, 11) is 3.34. The molecule has 3 aromatic rings. The Balaban J connectivity index is 2.01. The molecule has 0 aliphatic rings. The van der Waals surface area contributed by atoms with Crippen molar-refractivity contribution < 1.29 is 14.2 Å². The lowest BCUT2D eigenvalue weighted by Gasteiger charge is -2.26. The van der Waals surface area contributed by atoms with Crippen molar-refractivity contribution in [1.82, 2.24) is 0 Å². The first-order valence-electron chi connectivity index (χ1n) is 8.56. The third-order valence-corrected chi connectivity index (χ3v) is 4.07. The quantitative estimate of drug-likeness (QED) is 0.558. The maximum atomic E-state index is 5.56. The predicted molar refractivity (Wildman–Crippen MR) is 105 cm³/mol. The van der Waals surface area contributed by atoms with E-state index in [1.54, 1.807) is 14.2 Å². The minimum absolute atomic E-state index is 0.653. The Morgan fingerprint density at radius 2 is 0.923 bits per heavy atom. The van der Waals surface area contributed by atoms with Gasteiger partial charge in [0.25, 0.3) is 0 Å². The summed E-state index contributed by atoms with van der Waals surface area (Å²) in [5.41, 5.74) is 3.13. The SMILES string of the molecule is CCOc1ccc(N(c2ccc(OC)cc2)c2ccc(OC)cc2)cc1. The Hall–Kier alpha value is -3.14. The van der Waals surface area contributed by atoms with Crippen molar-refractivity contribution in [2.45, 2.75) is 6.92 Å². The van der Waals surface area contributed by atoms with Gasteiger partial charge in [0.05, 0.1) is 20.8 Å². The molecule has 3 aromatic carbocycles. The molecule has 0 atom stereocenters. The van der Waals surface area contributed by atoms with Gasteiger partial charge < -0.3 is 19.1 Å². The summed E-state index contributed by atoms with van der Waals surface area (Å²) in [5, 5.41) is 0. The molecule has 0 amide bonds.